The normalized spacial score (nSPS) is 10.7. The van der Waals surface area contributed by atoms with Gasteiger partial charge < -0.3 is 10.1 Å². The topological polar surface area (TPSA) is 95.9 Å². The van der Waals surface area contributed by atoms with Gasteiger partial charge in [-0.2, -0.15) is 9.78 Å². The molecule has 2 aromatic rings. The van der Waals surface area contributed by atoms with Gasteiger partial charge in [0.2, 0.25) is 0 Å². The Bertz CT molecular complexity index is 663. The summed E-state index contributed by atoms with van der Waals surface area (Å²) in [5.74, 6) is -0.661. The van der Waals surface area contributed by atoms with Crippen molar-refractivity contribution >= 4 is 43.6 Å². The Kier molecular flexibility index (Phi) is 3.80. The van der Waals surface area contributed by atoms with E-state index in [0.717, 1.165) is 4.68 Å². The molecule has 100 valence electrons. The van der Waals surface area contributed by atoms with E-state index in [0.29, 0.717) is 10.2 Å². The first-order chi connectivity index (χ1) is 8.90. The van der Waals surface area contributed by atoms with Gasteiger partial charge in [-0.05, 0) is 43.7 Å². The molecule has 10 heteroatoms. The van der Waals surface area contributed by atoms with Crippen molar-refractivity contribution < 1.29 is 9.72 Å². The first-order valence-corrected chi connectivity index (χ1v) is 6.59. The minimum Gasteiger partial charge on any atom is -0.358 e. The standard InChI is InChI=1S/C9H7Br2N5O3/c1-5-8(11)9(16(18)19)13-14(5)4-7(17)15-3-6(10)2-12-15/h2-3H,4H2,1H3. The zero-order valence-corrected chi connectivity index (χ0v) is 12.8. The molecule has 0 aliphatic heterocycles. The average Bonchev–Trinajstić information content (AvgIpc) is 2.88. The van der Waals surface area contributed by atoms with Crippen LogP contribution in [0.15, 0.2) is 21.3 Å². The Balaban J connectivity index is 2.27. The molecule has 0 bridgehead atoms. The van der Waals surface area contributed by atoms with Crippen LogP contribution in [0.3, 0.4) is 0 Å². The molecule has 0 radical (unpaired) electrons. The van der Waals surface area contributed by atoms with Crippen LogP contribution < -0.4 is 0 Å². The fraction of sp³-hybridized carbons (Fsp3) is 0.222. The molecule has 19 heavy (non-hydrogen) atoms. The second-order valence-electron chi connectivity index (χ2n) is 3.63. The first kappa shape index (κ1) is 13.9. The molecule has 2 aromatic heterocycles. The number of halogens is 2. The summed E-state index contributed by atoms with van der Waals surface area (Å²) < 4.78 is 3.35. The molecule has 0 aliphatic rings. The third-order valence-corrected chi connectivity index (χ3v) is 3.72. The number of aromatic nitrogens is 4. The molecule has 0 saturated heterocycles. The van der Waals surface area contributed by atoms with Crippen LogP contribution in [0.5, 0.6) is 0 Å². The highest BCUT2D eigenvalue weighted by atomic mass is 79.9. The molecule has 0 aromatic carbocycles. The monoisotopic (exact) mass is 391 g/mol. The summed E-state index contributed by atoms with van der Waals surface area (Å²) in [5.41, 5.74) is 0.506. The van der Waals surface area contributed by atoms with E-state index in [1.807, 2.05) is 0 Å². The van der Waals surface area contributed by atoms with Gasteiger partial charge in [0.15, 0.2) is 0 Å². The van der Waals surface area contributed by atoms with E-state index in [2.05, 4.69) is 42.1 Å². The molecule has 0 aliphatic carbocycles. The highest BCUT2D eigenvalue weighted by molar-refractivity contribution is 9.10. The van der Waals surface area contributed by atoms with Crippen molar-refractivity contribution in [3.8, 4) is 0 Å². The summed E-state index contributed by atoms with van der Waals surface area (Å²) in [4.78, 5) is 22.0. The maximum absolute atomic E-state index is 11.9. The average molecular weight is 393 g/mol. The molecule has 0 atom stereocenters. The summed E-state index contributed by atoms with van der Waals surface area (Å²) >= 11 is 6.27. The lowest BCUT2D eigenvalue weighted by Crippen LogP contribution is -2.19. The van der Waals surface area contributed by atoms with Gasteiger partial charge in [-0.15, -0.1) is 0 Å². The van der Waals surface area contributed by atoms with Crippen LogP contribution in [0, 0.1) is 17.0 Å². The number of nitrogens with zero attached hydrogens (tertiary/aromatic N) is 5. The number of hydrogen-bond acceptors (Lipinski definition) is 5. The van der Waals surface area contributed by atoms with Crippen molar-refractivity contribution in [1.29, 1.82) is 0 Å². The smallest absolute Gasteiger partial charge is 0.358 e. The van der Waals surface area contributed by atoms with Crippen molar-refractivity contribution in [3.05, 3.63) is 37.1 Å². The van der Waals surface area contributed by atoms with E-state index in [1.165, 1.54) is 17.1 Å². The number of hydrogen-bond donors (Lipinski definition) is 0. The lowest BCUT2D eigenvalue weighted by atomic mass is 10.4. The maximum atomic E-state index is 11.9. The van der Waals surface area contributed by atoms with Gasteiger partial charge in [0.05, 0.1) is 21.5 Å². The second kappa shape index (κ2) is 5.21. The molecular weight excluding hydrogens is 386 g/mol. The van der Waals surface area contributed by atoms with Gasteiger partial charge in [-0.25, -0.2) is 4.68 Å². The first-order valence-electron chi connectivity index (χ1n) is 5.01. The summed E-state index contributed by atoms with van der Waals surface area (Å²) in [6.07, 6.45) is 2.98. The summed E-state index contributed by atoms with van der Waals surface area (Å²) in [6, 6.07) is 0. The lowest BCUT2D eigenvalue weighted by Gasteiger charge is -1.99. The van der Waals surface area contributed by atoms with E-state index in [-0.39, 0.29) is 22.7 Å². The predicted octanol–water partition coefficient (Wildman–Crippen LogP) is 2.16. The molecule has 0 fully saturated rings. The number of carbonyl (C=O) groups excluding carboxylic acids is 1. The van der Waals surface area contributed by atoms with Crippen molar-refractivity contribution in [1.82, 2.24) is 19.6 Å². The molecule has 2 heterocycles. The van der Waals surface area contributed by atoms with Crippen molar-refractivity contribution in [2.45, 2.75) is 13.5 Å². The van der Waals surface area contributed by atoms with E-state index in [1.54, 1.807) is 6.92 Å². The van der Waals surface area contributed by atoms with Gasteiger partial charge in [0.25, 0.3) is 5.91 Å². The number of rotatable bonds is 3. The van der Waals surface area contributed by atoms with E-state index >= 15 is 0 Å². The van der Waals surface area contributed by atoms with E-state index < -0.39 is 4.92 Å². The van der Waals surface area contributed by atoms with Crippen LogP contribution in [0.2, 0.25) is 0 Å². The van der Waals surface area contributed by atoms with Gasteiger partial charge in [0.1, 0.15) is 11.0 Å². The second-order valence-corrected chi connectivity index (χ2v) is 5.34. The van der Waals surface area contributed by atoms with Crippen LogP contribution in [0.1, 0.15) is 10.5 Å². The zero-order chi connectivity index (χ0) is 14.2. The predicted molar refractivity (Wildman–Crippen MR) is 71.9 cm³/mol. The quantitative estimate of drug-likeness (QED) is 0.589. The number of nitro groups is 1. The molecule has 0 N–H and O–H groups in total. The Labute approximate surface area is 123 Å². The molecule has 0 unspecified atom stereocenters. The van der Waals surface area contributed by atoms with E-state index in [9.17, 15) is 14.9 Å². The number of carbonyl (C=O) groups is 1. The van der Waals surface area contributed by atoms with Gasteiger partial charge in [-0.3, -0.25) is 4.79 Å². The zero-order valence-electron chi connectivity index (χ0n) is 9.58. The van der Waals surface area contributed by atoms with E-state index in [4.69, 9.17) is 0 Å². The Morgan fingerprint density at radius 2 is 2.21 bits per heavy atom. The third kappa shape index (κ3) is 2.73. The maximum Gasteiger partial charge on any atom is 0.404 e. The third-order valence-electron chi connectivity index (χ3n) is 2.38. The van der Waals surface area contributed by atoms with Crippen LogP contribution in [0.4, 0.5) is 5.82 Å². The van der Waals surface area contributed by atoms with Crippen LogP contribution in [-0.4, -0.2) is 30.4 Å². The fourth-order valence-electron chi connectivity index (χ4n) is 1.42. The molecular formula is C9H7Br2N5O3. The minimum absolute atomic E-state index is 0.133. The Morgan fingerprint density at radius 1 is 1.53 bits per heavy atom. The van der Waals surface area contributed by atoms with Crippen LogP contribution in [-0.2, 0) is 6.54 Å². The SMILES string of the molecule is Cc1c(Br)c([N+](=O)[O-])nn1CC(=O)n1cc(Br)cn1. The van der Waals surface area contributed by atoms with Gasteiger partial charge in [0, 0.05) is 6.20 Å². The van der Waals surface area contributed by atoms with Crippen molar-refractivity contribution in [3.63, 3.8) is 0 Å². The highest BCUT2D eigenvalue weighted by Gasteiger charge is 2.24. The highest BCUT2D eigenvalue weighted by Crippen LogP contribution is 2.26. The summed E-state index contributed by atoms with van der Waals surface area (Å²) in [5, 5.41) is 18.4. The Morgan fingerprint density at radius 3 is 2.68 bits per heavy atom. The van der Waals surface area contributed by atoms with Crippen molar-refractivity contribution in [2.24, 2.45) is 0 Å². The van der Waals surface area contributed by atoms with Crippen LogP contribution in [0.25, 0.3) is 0 Å². The largest absolute Gasteiger partial charge is 0.404 e. The lowest BCUT2D eigenvalue weighted by molar-refractivity contribution is -0.390. The molecule has 0 saturated carbocycles. The summed E-state index contributed by atoms with van der Waals surface area (Å²) in [6.45, 7) is 1.50. The molecule has 0 spiro atoms. The molecule has 2 rings (SSSR count). The van der Waals surface area contributed by atoms with Crippen molar-refractivity contribution in [2.75, 3.05) is 0 Å². The van der Waals surface area contributed by atoms with Gasteiger partial charge in [-0.1, -0.05) is 0 Å². The summed E-state index contributed by atoms with van der Waals surface area (Å²) in [7, 11) is 0. The molecule has 0 amide bonds. The Hall–Kier alpha value is -1.55. The fourth-order valence-corrected chi connectivity index (χ4v) is 2.13. The molecule has 8 nitrogen and oxygen atoms in total. The van der Waals surface area contributed by atoms with Crippen LogP contribution >= 0.6 is 31.9 Å². The minimum atomic E-state index is -0.609. The van der Waals surface area contributed by atoms with Gasteiger partial charge >= 0.3 is 5.82 Å².